The van der Waals surface area contributed by atoms with E-state index in [9.17, 15) is 0 Å². The van der Waals surface area contributed by atoms with Crippen molar-refractivity contribution in [3.05, 3.63) is 11.9 Å². The van der Waals surface area contributed by atoms with E-state index in [-0.39, 0.29) is 6.04 Å². The van der Waals surface area contributed by atoms with Crippen LogP contribution in [0.25, 0.3) is 0 Å². The summed E-state index contributed by atoms with van der Waals surface area (Å²) in [7, 11) is 1.69. The van der Waals surface area contributed by atoms with Crippen LogP contribution in [-0.4, -0.2) is 28.4 Å². The summed E-state index contributed by atoms with van der Waals surface area (Å²) in [6.45, 7) is 3.05. The predicted molar refractivity (Wildman–Crippen MR) is 74.6 cm³/mol. The van der Waals surface area contributed by atoms with E-state index in [1.165, 1.54) is 12.2 Å². The zero-order chi connectivity index (χ0) is 13.0. The second-order valence-electron chi connectivity index (χ2n) is 4.59. The first-order valence-corrected chi connectivity index (χ1v) is 7.60. The van der Waals surface area contributed by atoms with Gasteiger partial charge in [-0.3, -0.25) is 16.0 Å². The Morgan fingerprint density at radius 2 is 2.56 bits per heavy atom. The van der Waals surface area contributed by atoms with Gasteiger partial charge < -0.3 is 4.74 Å². The first kappa shape index (κ1) is 13.7. The number of nitrogens with one attached hydrogen (secondary N) is 1. The molecule has 2 rings (SSSR count). The quantitative estimate of drug-likeness (QED) is 0.606. The number of ether oxygens (including phenoxy) is 1. The third-order valence-electron chi connectivity index (χ3n) is 3.41. The van der Waals surface area contributed by atoms with Crippen LogP contribution in [0.4, 0.5) is 0 Å². The molecule has 2 atom stereocenters. The Morgan fingerprint density at radius 1 is 1.72 bits per heavy atom. The number of methoxy groups -OCH3 is 1. The van der Waals surface area contributed by atoms with Crippen LogP contribution >= 0.6 is 11.8 Å². The van der Waals surface area contributed by atoms with Crippen LogP contribution < -0.4 is 16.0 Å². The summed E-state index contributed by atoms with van der Waals surface area (Å²) in [6, 6.07) is 0.129. The second-order valence-corrected chi connectivity index (χ2v) is 5.74. The number of aryl methyl sites for hydroxylation is 1. The number of nitrogens with two attached hydrogens (primary N) is 1. The molecule has 0 saturated carbocycles. The highest BCUT2D eigenvalue weighted by Gasteiger charge is 2.31. The first-order valence-electron chi connectivity index (χ1n) is 6.45. The molecule has 0 aromatic carbocycles. The summed E-state index contributed by atoms with van der Waals surface area (Å²) < 4.78 is 7.45. The first-order chi connectivity index (χ1) is 8.81. The molecule has 1 aromatic rings. The standard InChI is InChI=1S/C12H22N4OS/c1-3-5-16-12(10(17-2)7-14-16)11(15-13)9-4-6-18-8-9/h7,9,11,15H,3-6,8,13H2,1-2H3. The molecule has 5 nitrogen and oxygen atoms in total. The average molecular weight is 270 g/mol. The van der Waals surface area contributed by atoms with E-state index in [2.05, 4.69) is 17.4 Å². The minimum absolute atomic E-state index is 0.129. The highest BCUT2D eigenvalue weighted by Crippen LogP contribution is 2.37. The molecule has 0 radical (unpaired) electrons. The molecule has 0 aliphatic carbocycles. The van der Waals surface area contributed by atoms with Crippen LogP contribution in [0.2, 0.25) is 0 Å². The fourth-order valence-corrected chi connectivity index (χ4v) is 3.79. The lowest BCUT2D eigenvalue weighted by Gasteiger charge is -2.24. The van der Waals surface area contributed by atoms with E-state index in [1.54, 1.807) is 13.3 Å². The zero-order valence-corrected chi connectivity index (χ0v) is 11.9. The third kappa shape index (κ3) is 2.65. The maximum Gasteiger partial charge on any atom is 0.161 e. The molecule has 1 fully saturated rings. The van der Waals surface area contributed by atoms with Gasteiger partial charge in [0.2, 0.25) is 0 Å². The van der Waals surface area contributed by atoms with Crippen molar-refractivity contribution in [1.82, 2.24) is 15.2 Å². The summed E-state index contributed by atoms with van der Waals surface area (Å²) in [4.78, 5) is 0. The lowest BCUT2D eigenvalue weighted by Crippen LogP contribution is -2.35. The Morgan fingerprint density at radius 3 is 3.11 bits per heavy atom. The van der Waals surface area contributed by atoms with Gasteiger partial charge in [0.05, 0.1) is 25.0 Å². The van der Waals surface area contributed by atoms with E-state index < -0.39 is 0 Å². The molecule has 1 aliphatic rings. The summed E-state index contributed by atoms with van der Waals surface area (Å²) in [5.41, 5.74) is 4.06. The van der Waals surface area contributed by atoms with Gasteiger partial charge in [0.15, 0.2) is 5.75 Å². The fourth-order valence-electron chi connectivity index (χ4n) is 2.49. The van der Waals surface area contributed by atoms with Gasteiger partial charge in [0.25, 0.3) is 0 Å². The number of hydrogen-bond acceptors (Lipinski definition) is 5. The molecule has 0 spiro atoms. The SMILES string of the molecule is CCCn1ncc(OC)c1C(NN)C1CCSC1. The van der Waals surface area contributed by atoms with Crippen molar-refractivity contribution in [3.63, 3.8) is 0 Å². The molecule has 0 bridgehead atoms. The Kier molecular flexibility index (Phi) is 4.91. The summed E-state index contributed by atoms with van der Waals surface area (Å²) in [5.74, 6) is 9.53. The number of hydrazine groups is 1. The van der Waals surface area contributed by atoms with Crippen LogP contribution in [0.15, 0.2) is 6.20 Å². The molecule has 3 N–H and O–H groups in total. The highest BCUT2D eigenvalue weighted by atomic mass is 32.2. The number of aromatic nitrogens is 2. The maximum atomic E-state index is 5.78. The zero-order valence-electron chi connectivity index (χ0n) is 11.1. The van der Waals surface area contributed by atoms with E-state index in [0.29, 0.717) is 5.92 Å². The normalized spacial score (nSPS) is 21.2. The number of rotatable bonds is 6. The predicted octanol–water partition coefficient (Wildman–Crippen LogP) is 1.56. The molecule has 102 valence electrons. The van der Waals surface area contributed by atoms with E-state index in [1.807, 2.05) is 16.4 Å². The maximum absolute atomic E-state index is 5.78. The Hall–Kier alpha value is -0.720. The highest BCUT2D eigenvalue weighted by molar-refractivity contribution is 7.99. The van der Waals surface area contributed by atoms with Crippen molar-refractivity contribution >= 4 is 11.8 Å². The molecule has 18 heavy (non-hydrogen) atoms. The monoisotopic (exact) mass is 270 g/mol. The Bertz CT molecular complexity index is 376. The van der Waals surface area contributed by atoms with Gasteiger partial charge in [-0.1, -0.05) is 6.92 Å². The molecule has 1 aromatic heterocycles. The third-order valence-corrected chi connectivity index (χ3v) is 4.60. The van der Waals surface area contributed by atoms with Crippen molar-refractivity contribution in [2.45, 2.75) is 32.4 Å². The van der Waals surface area contributed by atoms with Gasteiger partial charge in [-0.2, -0.15) is 16.9 Å². The molecular formula is C12H22N4OS. The van der Waals surface area contributed by atoms with E-state index >= 15 is 0 Å². The number of thioether (sulfide) groups is 1. The van der Waals surface area contributed by atoms with Crippen LogP contribution in [0.5, 0.6) is 5.75 Å². The van der Waals surface area contributed by atoms with Gasteiger partial charge in [-0.15, -0.1) is 0 Å². The van der Waals surface area contributed by atoms with Crippen molar-refractivity contribution in [3.8, 4) is 5.75 Å². The lowest BCUT2D eigenvalue weighted by molar-refractivity contribution is 0.344. The van der Waals surface area contributed by atoms with Gasteiger partial charge in [-0.05, 0) is 30.3 Å². The van der Waals surface area contributed by atoms with E-state index in [0.717, 1.165) is 30.2 Å². The van der Waals surface area contributed by atoms with Crippen molar-refractivity contribution < 1.29 is 4.74 Å². The molecule has 2 unspecified atom stereocenters. The minimum Gasteiger partial charge on any atom is -0.493 e. The van der Waals surface area contributed by atoms with Crippen LogP contribution in [0.1, 0.15) is 31.5 Å². The van der Waals surface area contributed by atoms with Crippen molar-refractivity contribution in [2.75, 3.05) is 18.6 Å². The lowest BCUT2D eigenvalue weighted by atomic mass is 9.96. The van der Waals surface area contributed by atoms with Gasteiger partial charge >= 0.3 is 0 Å². The molecule has 2 heterocycles. The summed E-state index contributed by atoms with van der Waals surface area (Å²) in [5, 5.41) is 4.41. The molecule has 6 heteroatoms. The van der Waals surface area contributed by atoms with Crippen molar-refractivity contribution in [1.29, 1.82) is 0 Å². The minimum atomic E-state index is 0.129. The van der Waals surface area contributed by atoms with Gasteiger partial charge in [-0.25, -0.2) is 0 Å². The molecular weight excluding hydrogens is 248 g/mol. The largest absolute Gasteiger partial charge is 0.493 e. The van der Waals surface area contributed by atoms with Crippen LogP contribution in [0, 0.1) is 5.92 Å². The number of hydrogen-bond donors (Lipinski definition) is 2. The number of nitrogens with zero attached hydrogens (tertiary/aromatic N) is 2. The molecule has 1 aliphatic heterocycles. The van der Waals surface area contributed by atoms with Crippen molar-refractivity contribution in [2.24, 2.45) is 11.8 Å². The summed E-state index contributed by atoms with van der Waals surface area (Å²) in [6.07, 6.45) is 4.03. The van der Waals surface area contributed by atoms with Crippen LogP contribution in [0.3, 0.4) is 0 Å². The fraction of sp³-hybridized carbons (Fsp3) is 0.750. The van der Waals surface area contributed by atoms with Crippen LogP contribution in [-0.2, 0) is 6.54 Å². The summed E-state index contributed by atoms with van der Waals surface area (Å²) >= 11 is 1.99. The molecule has 0 amide bonds. The topological polar surface area (TPSA) is 65.1 Å². The van der Waals surface area contributed by atoms with Gasteiger partial charge in [0, 0.05) is 6.54 Å². The molecule has 1 saturated heterocycles. The van der Waals surface area contributed by atoms with E-state index in [4.69, 9.17) is 10.6 Å². The smallest absolute Gasteiger partial charge is 0.161 e. The van der Waals surface area contributed by atoms with Gasteiger partial charge in [0.1, 0.15) is 0 Å². The average Bonchev–Trinajstić information content (AvgIpc) is 3.02. The Labute approximate surface area is 112 Å². The second kappa shape index (κ2) is 6.45. The Balaban J connectivity index is 2.29.